The van der Waals surface area contributed by atoms with Gasteiger partial charge in [0.25, 0.3) is 11.8 Å². The highest BCUT2D eigenvalue weighted by molar-refractivity contribution is 7.84. The monoisotopic (exact) mass is 464 g/mol. The third-order valence-electron chi connectivity index (χ3n) is 4.50. The van der Waals surface area contributed by atoms with Gasteiger partial charge in [-0.15, -0.1) is 11.3 Å². The first-order valence-electron chi connectivity index (χ1n) is 9.66. The Morgan fingerprint density at radius 2 is 1.90 bits per heavy atom. The van der Waals surface area contributed by atoms with E-state index in [1.807, 2.05) is 24.3 Å². The molecule has 166 valence electrons. The van der Waals surface area contributed by atoms with Crippen LogP contribution in [0.25, 0.3) is 0 Å². The maximum absolute atomic E-state index is 12.1. The minimum atomic E-state index is -1.07. The quantitative estimate of drug-likeness (QED) is 0.632. The topological polar surface area (TPSA) is 102 Å². The molecule has 2 aliphatic rings. The van der Waals surface area contributed by atoms with Gasteiger partial charge in [-0.3, -0.25) is 23.5 Å². The van der Waals surface area contributed by atoms with Gasteiger partial charge in [0.1, 0.15) is 5.00 Å². The van der Waals surface area contributed by atoms with Crippen LogP contribution < -0.4 is 14.8 Å². The van der Waals surface area contributed by atoms with Gasteiger partial charge < -0.3 is 14.8 Å². The number of carbonyl (C=O) groups is 3. The van der Waals surface area contributed by atoms with E-state index in [1.165, 1.54) is 26.0 Å². The van der Waals surface area contributed by atoms with E-state index < -0.39 is 22.6 Å². The fraction of sp³-hybridized carbons (Fsp3) is 0.381. The summed E-state index contributed by atoms with van der Waals surface area (Å²) >= 11 is 1.15. The molecular weight excluding hydrogens is 440 g/mol. The molecule has 3 amide bonds. The Bertz CT molecular complexity index is 1020. The smallest absolute Gasteiger partial charge is 0.264 e. The number of amides is 3. The molecule has 1 aromatic carbocycles. The number of fused-ring (bicyclic) bond motifs is 1. The van der Waals surface area contributed by atoms with Gasteiger partial charge in [-0.05, 0) is 25.0 Å². The molecule has 0 radical (unpaired) electrons. The number of imide groups is 1. The molecule has 2 heterocycles. The maximum Gasteiger partial charge on any atom is 0.264 e. The van der Waals surface area contributed by atoms with Crippen LogP contribution in [-0.2, 0) is 15.6 Å². The second kappa shape index (κ2) is 10.1. The average molecular weight is 465 g/mol. The number of ether oxygens (including phenoxy) is 2. The van der Waals surface area contributed by atoms with Gasteiger partial charge in [0.2, 0.25) is 5.91 Å². The third kappa shape index (κ3) is 5.71. The van der Waals surface area contributed by atoms with Crippen LogP contribution in [-0.4, -0.2) is 58.6 Å². The molecule has 1 aliphatic heterocycles. The molecule has 1 fully saturated rings. The zero-order valence-corrected chi connectivity index (χ0v) is 19.1. The Morgan fingerprint density at radius 1 is 1.23 bits per heavy atom. The molecule has 8 nitrogen and oxygen atoms in total. The fourth-order valence-corrected chi connectivity index (χ4v) is 4.27. The molecule has 1 atom stereocenters. The van der Waals surface area contributed by atoms with Crippen LogP contribution in [0.3, 0.4) is 0 Å². The van der Waals surface area contributed by atoms with E-state index in [9.17, 15) is 18.6 Å². The van der Waals surface area contributed by atoms with Gasteiger partial charge in [0.05, 0.1) is 24.3 Å². The Kier molecular flexibility index (Phi) is 7.45. The van der Waals surface area contributed by atoms with Crippen molar-refractivity contribution in [3.05, 3.63) is 40.8 Å². The van der Waals surface area contributed by atoms with Crippen molar-refractivity contribution in [1.82, 2.24) is 4.90 Å². The fourth-order valence-electron chi connectivity index (χ4n) is 2.86. The van der Waals surface area contributed by atoms with Gasteiger partial charge >= 0.3 is 0 Å². The molecule has 10 heteroatoms. The SMILES string of the molecule is CC(=O)Nc1scc2c1C(=O)N(CCS(C)=O)C2=O.COc1ccccc1OC1CC1. The lowest BCUT2D eigenvalue weighted by molar-refractivity contribution is -0.114. The Labute approximate surface area is 187 Å². The predicted molar refractivity (Wildman–Crippen MR) is 120 cm³/mol. The molecular formula is C21H24N2O6S2. The number of hydrogen-bond acceptors (Lipinski definition) is 7. The van der Waals surface area contributed by atoms with E-state index in [2.05, 4.69) is 5.32 Å². The lowest BCUT2D eigenvalue weighted by Crippen LogP contribution is -2.33. The summed E-state index contributed by atoms with van der Waals surface area (Å²) in [6.45, 7) is 1.46. The summed E-state index contributed by atoms with van der Waals surface area (Å²) in [5.41, 5.74) is 0.549. The summed E-state index contributed by atoms with van der Waals surface area (Å²) in [6.07, 6.45) is 4.31. The van der Waals surface area contributed by atoms with E-state index >= 15 is 0 Å². The lowest BCUT2D eigenvalue weighted by Gasteiger charge is -2.13. The zero-order chi connectivity index (χ0) is 22.5. The van der Waals surface area contributed by atoms with Crippen LogP contribution in [0.4, 0.5) is 5.00 Å². The minimum absolute atomic E-state index is 0.125. The Hall–Kier alpha value is -2.72. The number of benzene rings is 1. The van der Waals surface area contributed by atoms with Crippen molar-refractivity contribution in [3.63, 3.8) is 0 Å². The third-order valence-corrected chi connectivity index (χ3v) is 6.16. The summed E-state index contributed by atoms with van der Waals surface area (Å²) in [4.78, 5) is 36.3. The molecule has 1 N–H and O–H groups in total. The van der Waals surface area contributed by atoms with Crippen molar-refractivity contribution in [2.24, 2.45) is 0 Å². The van der Waals surface area contributed by atoms with E-state index in [4.69, 9.17) is 9.47 Å². The highest BCUT2D eigenvalue weighted by Crippen LogP contribution is 2.35. The summed E-state index contributed by atoms with van der Waals surface area (Å²) < 4.78 is 21.8. The number of nitrogens with one attached hydrogen (secondary N) is 1. The standard InChI is InChI=1S/C11H12N2O4S2.C10H12O2/c1-6(14)12-9-8-7(5-18-9)10(15)13(11(8)16)3-4-19(2)17;1-11-9-4-2-3-5-10(9)12-8-6-7-8/h5H,3-4H2,1-2H3,(H,12,14);2-5,8H,6-7H2,1H3. The number of para-hydroxylation sites is 2. The van der Waals surface area contributed by atoms with Crippen LogP contribution in [0, 0.1) is 0 Å². The number of nitrogens with zero attached hydrogens (tertiary/aromatic N) is 1. The van der Waals surface area contributed by atoms with Crippen molar-refractivity contribution < 1.29 is 28.1 Å². The van der Waals surface area contributed by atoms with Gasteiger partial charge in [-0.25, -0.2) is 0 Å². The van der Waals surface area contributed by atoms with Crippen LogP contribution in [0.15, 0.2) is 29.6 Å². The highest BCUT2D eigenvalue weighted by Gasteiger charge is 2.39. The van der Waals surface area contributed by atoms with Crippen LogP contribution in [0.1, 0.15) is 40.5 Å². The maximum atomic E-state index is 12.1. The summed E-state index contributed by atoms with van der Waals surface area (Å²) in [6, 6.07) is 7.76. The highest BCUT2D eigenvalue weighted by atomic mass is 32.2. The second-order valence-electron chi connectivity index (χ2n) is 7.04. The summed E-state index contributed by atoms with van der Waals surface area (Å²) in [5, 5.41) is 4.49. The molecule has 0 spiro atoms. The van der Waals surface area contributed by atoms with Crippen molar-refractivity contribution in [2.45, 2.75) is 25.9 Å². The first-order chi connectivity index (χ1) is 14.8. The van der Waals surface area contributed by atoms with Crippen LogP contribution in [0.5, 0.6) is 11.5 Å². The zero-order valence-electron chi connectivity index (χ0n) is 17.5. The van der Waals surface area contributed by atoms with E-state index in [1.54, 1.807) is 12.5 Å². The van der Waals surface area contributed by atoms with Gasteiger partial charge in [0.15, 0.2) is 11.5 Å². The minimum Gasteiger partial charge on any atom is -0.493 e. The number of carbonyl (C=O) groups excluding carboxylic acids is 3. The van der Waals surface area contributed by atoms with Crippen molar-refractivity contribution in [1.29, 1.82) is 0 Å². The van der Waals surface area contributed by atoms with Crippen molar-refractivity contribution in [3.8, 4) is 11.5 Å². The van der Waals surface area contributed by atoms with Crippen molar-refractivity contribution in [2.75, 3.05) is 31.0 Å². The number of methoxy groups -OCH3 is 1. The molecule has 1 aromatic heterocycles. The normalized spacial score (nSPS) is 15.6. The van der Waals surface area contributed by atoms with Crippen LogP contribution >= 0.6 is 11.3 Å². The van der Waals surface area contributed by atoms with E-state index in [-0.39, 0.29) is 23.8 Å². The molecule has 0 saturated heterocycles. The molecule has 2 aromatic rings. The molecule has 4 rings (SSSR count). The van der Waals surface area contributed by atoms with Crippen molar-refractivity contribution >= 4 is 44.9 Å². The second-order valence-corrected chi connectivity index (χ2v) is 9.48. The largest absolute Gasteiger partial charge is 0.493 e. The van der Waals surface area contributed by atoms with Gasteiger partial charge in [-0.2, -0.15) is 0 Å². The summed E-state index contributed by atoms with van der Waals surface area (Å²) in [7, 11) is 0.589. The summed E-state index contributed by atoms with van der Waals surface area (Å²) in [5.74, 6) is 0.819. The van der Waals surface area contributed by atoms with Gasteiger partial charge in [-0.1, -0.05) is 12.1 Å². The Balaban J connectivity index is 0.000000194. The molecule has 0 bridgehead atoms. The van der Waals surface area contributed by atoms with Gasteiger partial charge in [0, 0.05) is 41.7 Å². The molecule has 1 unspecified atom stereocenters. The average Bonchev–Trinajstić information content (AvgIpc) is 3.39. The van der Waals surface area contributed by atoms with Crippen LogP contribution in [0.2, 0.25) is 0 Å². The first-order valence-corrected chi connectivity index (χ1v) is 12.3. The Morgan fingerprint density at radius 3 is 2.48 bits per heavy atom. The first kappa shape index (κ1) is 23.0. The molecule has 1 saturated carbocycles. The number of hydrogen-bond donors (Lipinski definition) is 1. The van der Waals surface area contributed by atoms with E-state index in [0.717, 1.165) is 27.7 Å². The predicted octanol–water partition coefficient (Wildman–Crippen LogP) is 2.92. The number of rotatable bonds is 7. The molecule has 31 heavy (non-hydrogen) atoms. The van der Waals surface area contributed by atoms with E-state index in [0.29, 0.717) is 16.7 Å². The molecule has 1 aliphatic carbocycles. The number of thiophene rings is 1. The lowest BCUT2D eigenvalue weighted by atomic mass is 10.2. The number of anilines is 1.